The van der Waals surface area contributed by atoms with Gasteiger partial charge in [0.25, 0.3) is 0 Å². The van der Waals surface area contributed by atoms with Crippen LogP contribution in [0.4, 0.5) is 0 Å². The predicted octanol–water partition coefficient (Wildman–Crippen LogP) is 1.88. The molecule has 15 heavy (non-hydrogen) atoms. The molecule has 2 rings (SSSR count). The van der Waals surface area contributed by atoms with E-state index in [0.29, 0.717) is 0 Å². The van der Waals surface area contributed by atoms with Gasteiger partial charge in [-0.3, -0.25) is 19.9 Å². The fourth-order valence-electron chi connectivity index (χ4n) is 0.911. The molecule has 0 saturated heterocycles. The molecule has 0 aliphatic rings. The molecule has 0 bridgehead atoms. The Morgan fingerprint density at radius 1 is 0.800 bits per heavy atom. The maximum Gasteiger partial charge on any atom is 0.0588 e. The fraction of sp³-hybridized carbons (Fsp3) is 0.273. The minimum Gasteiger partial charge on any atom is -0.262 e. The summed E-state index contributed by atoms with van der Waals surface area (Å²) in [5.41, 5.74) is 3.02. The maximum absolute atomic E-state index is 4.21. The number of aromatic nitrogens is 4. The van der Waals surface area contributed by atoms with Crippen molar-refractivity contribution in [1.82, 2.24) is 19.9 Å². The van der Waals surface area contributed by atoms with Crippen molar-refractivity contribution >= 4 is 0 Å². The first-order valence-corrected chi connectivity index (χ1v) is 4.67. The summed E-state index contributed by atoms with van der Waals surface area (Å²) in [5, 5.41) is 0. The van der Waals surface area contributed by atoms with E-state index in [1.165, 1.54) is 0 Å². The quantitative estimate of drug-likeness (QED) is 0.654. The summed E-state index contributed by atoms with van der Waals surface area (Å²) < 4.78 is 0. The van der Waals surface area contributed by atoms with Gasteiger partial charge in [-0.2, -0.15) is 0 Å². The van der Waals surface area contributed by atoms with E-state index in [9.17, 15) is 0 Å². The third kappa shape index (κ3) is 4.26. The Morgan fingerprint density at radius 3 is 1.67 bits per heavy atom. The zero-order valence-electron chi connectivity index (χ0n) is 9.18. The van der Waals surface area contributed by atoms with Crippen molar-refractivity contribution in [2.45, 2.75) is 20.8 Å². The van der Waals surface area contributed by atoms with Crippen LogP contribution in [0.5, 0.6) is 0 Å². The summed E-state index contributed by atoms with van der Waals surface area (Å²) >= 11 is 0. The Kier molecular flexibility index (Phi) is 4.34. The monoisotopic (exact) mass is 202 g/mol. The second-order valence-corrected chi connectivity index (χ2v) is 3.08. The van der Waals surface area contributed by atoms with Crippen LogP contribution in [0.2, 0.25) is 0 Å². The van der Waals surface area contributed by atoms with Crippen LogP contribution in [0.15, 0.2) is 31.0 Å². The van der Waals surface area contributed by atoms with E-state index in [2.05, 4.69) is 19.9 Å². The van der Waals surface area contributed by atoms with Crippen molar-refractivity contribution < 1.29 is 0 Å². The maximum atomic E-state index is 4.21. The van der Waals surface area contributed by atoms with Crippen LogP contribution in [0.3, 0.4) is 0 Å². The highest BCUT2D eigenvalue weighted by atomic mass is 14.8. The van der Waals surface area contributed by atoms with Crippen LogP contribution in [-0.4, -0.2) is 19.9 Å². The summed E-state index contributed by atoms with van der Waals surface area (Å²) in [4.78, 5) is 15.8. The Morgan fingerprint density at radius 2 is 1.33 bits per heavy atom. The molecule has 2 aromatic rings. The lowest BCUT2D eigenvalue weighted by Crippen LogP contribution is -1.92. The molecule has 2 heterocycles. The van der Waals surface area contributed by atoms with E-state index >= 15 is 0 Å². The number of nitrogens with zero attached hydrogens (tertiary/aromatic N) is 4. The van der Waals surface area contributed by atoms with Gasteiger partial charge in [-0.15, -0.1) is 0 Å². The number of hydrogen-bond donors (Lipinski definition) is 0. The van der Waals surface area contributed by atoms with Crippen LogP contribution in [0, 0.1) is 20.8 Å². The summed E-state index contributed by atoms with van der Waals surface area (Å²) in [7, 11) is 0. The third-order valence-electron chi connectivity index (χ3n) is 1.79. The second kappa shape index (κ2) is 5.80. The second-order valence-electron chi connectivity index (χ2n) is 3.08. The van der Waals surface area contributed by atoms with Crippen molar-refractivity contribution in [1.29, 1.82) is 0 Å². The minimum atomic E-state index is 0.984. The molecule has 0 unspecified atom stereocenters. The van der Waals surface area contributed by atoms with E-state index in [-0.39, 0.29) is 0 Å². The zero-order valence-corrected chi connectivity index (χ0v) is 9.18. The molecule has 78 valence electrons. The number of aryl methyl sites for hydroxylation is 3. The van der Waals surface area contributed by atoms with E-state index in [1.807, 2.05) is 20.8 Å². The van der Waals surface area contributed by atoms with Gasteiger partial charge in [-0.1, -0.05) is 0 Å². The van der Waals surface area contributed by atoms with E-state index in [1.54, 1.807) is 31.0 Å². The van der Waals surface area contributed by atoms with Crippen molar-refractivity contribution in [2.24, 2.45) is 0 Å². The fourth-order valence-corrected chi connectivity index (χ4v) is 0.911. The molecular weight excluding hydrogens is 188 g/mol. The topological polar surface area (TPSA) is 51.6 Å². The largest absolute Gasteiger partial charge is 0.262 e. The van der Waals surface area contributed by atoms with Crippen LogP contribution in [0.25, 0.3) is 0 Å². The van der Waals surface area contributed by atoms with Gasteiger partial charge in [-0.05, 0) is 20.8 Å². The third-order valence-corrected chi connectivity index (χ3v) is 1.79. The molecule has 0 aliphatic heterocycles. The average Bonchev–Trinajstić information content (AvgIpc) is 2.27. The Labute approximate surface area is 89.5 Å². The normalized spacial score (nSPS) is 9.00. The van der Waals surface area contributed by atoms with Gasteiger partial charge in [0.15, 0.2) is 0 Å². The van der Waals surface area contributed by atoms with Gasteiger partial charge >= 0.3 is 0 Å². The first kappa shape index (κ1) is 11.2. The Hall–Kier alpha value is -1.84. The van der Waals surface area contributed by atoms with E-state index in [0.717, 1.165) is 17.1 Å². The molecule has 0 atom stereocenters. The van der Waals surface area contributed by atoms with Crippen molar-refractivity contribution in [3.63, 3.8) is 0 Å². The summed E-state index contributed by atoms with van der Waals surface area (Å²) in [6.07, 6.45) is 8.34. The molecule has 4 nitrogen and oxygen atoms in total. The standard InChI is InChI=1S/C7H10N2.C4H4N2/c1-5-4-8-6(2)7(3)9-5;1-2-6-4-3-5-1/h4H,1-3H3;1-4H. The Bertz CT molecular complexity index is 374. The summed E-state index contributed by atoms with van der Waals surface area (Å²) in [5.74, 6) is 0. The van der Waals surface area contributed by atoms with E-state index in [4.69, 9.17) is 0 Å². The van der Waals surface area contributed by atoms with Crippen LogP contribution in [0.1, 0.15) is 17.1 Å². The van der Waals surface area contributed by atoms with Crippen molar-refractivity contribution in [3.8, 4) is 0 Å². The minimum absolute atomic E-state index is 0.984. The molecule has 0 aromatic carbocycles. The molecular formula is C11H14N4. The molecule has 0 aliphatic carbocycles. The Balaban J connectivity index is 0.000000162. The SMILES string of the molecule is Cc1cnc(C)c(C)n1.c1cnccn1. The first-order chi connectivity index (χ1) is 7.20. The van der Waals surface area contributed by atoms with Crippen molar-refractivity contribution in [3.05, 3.63) is 48.1 Å². The van der Waals surface area contributed by atoms with E-state index < -0.39 is 0 Å². The lowest BCUT2D eigenvalue weighted by molar-refractivity contribution is 1.00. The molecule has 4 heteroatoms. The highest BCUT2D eigenvalue weighted by Crippen LogP contribution is 1.98. The van der Waals surface area contributed by atoms with Gasteiger partial charge < -0.3 is 0 Å². The molecule has 0 saturated carbocycles. The molecule has 2 aromatic heterocycles. The van der Waals surface area contributed by atoms with Crippen LogP contribution >= 0.6 is 0 Å². The lowest BCUT2D eigenvalue weighted by Gasteiger charge is -1.96. The van der Waals surface area contributed by atoms with Gasteiger partial charge in [0.1, 0.15) is 0 Å². The van der Waals surface area contributed by atoms with Crippen molar-refractivity contribution in [2.75, 3.05) is 0 Å². The summed E-state index contributed by atoms with van der Waals surface area (Å²) in [6.45, 7) is 5.87. The summed E-state index contributed by atoms with van der Waals surface area (Å²) in [6, 6.07) is 0. The molecule has 0 N–H and O–H groups in total. The van der Waals surface area contributed by atoms with Crippen LogP contribution in [-0.2, 0) is 0 Å². The highest BCUT2D eigenvalue weighted by molar-refractivity contribution is 5.09. The zero-order chi connectivity index (χ0) is 11.1. The average molecular weight is 202 g/mol. The predicted molar refractivity (Wildman–Crippen MR) is 58.3 cm³/mol. The first-order valence-electron chi connectivity index (χ1n) is 4.67. The van der Waals surface area contributed by atoms with Gasteiger partial charge in [0, 0.05) is 31.0 Å². The number of rotatable bonds is 0. The number of hydrogen-bond acceptors (Lipinski definition) is 4. The van der Waals surface area contributed by atoms with Crippen LogP contribution < -0.4 is 0 Å². The lowest BCUT2D eigenvalue weighted by atomic mass is 10.3. The van der Waals surface area contributed by atoms with Gasteiger partial charge in [0.05, 0.1) is 17.1 Å². The molecule has 0 radical (unpaired) electrons. The smallest absolute Gasteiger partial charge is 0.0588 e. The molecule has 0 fully saturated rings. The molecule has 0 spiro atoms. The van der Waals surface area contributed by atoms with Gasteiger partial charge in [0.2, 0.25) is 0 Å². The highest BCUT2D eigenvalue weighted by Gasteiger charge is 1.92. The van der Waals surface area contributed by atoms with Gasteiger partial charge in [-0.25, -0.2) is 0 Å². The molecule has 0 amide bonds.